The maximum Gasteiger partial charge on any atom is 0.292 e. The molecule has 0 saturated heterocycles. The van der Waals surface area contributed by atoms with Crippen molar-refractivity contribution in [1.82, 2.24) is 24.6 Å². The molecule has 0 unspecified atom stereocenters. The van der Waals surface area contributed by atoms with Crippen LogP contribution in [-0.4, -0.2) is 30.5 Å². The largest absolute Gasteiger partial charge is 0.319 e. The van der Waals surface area contributed by atoms with Crippen LogP contribution in [0.5, 0.6) is 0 Å². The summed E-state index contributed by atoms with van der Waals surface area (Å²) in [4.78, 5) is 20.8. The van der Waals surface area contributed by atoms with Crippen LogP contribution in [0.4, 0.5) is 5.69 Å². The number of imidazole rings is 1. The molecular formula is C17H14N6O. The van der Waals surface area contributed by atoms with Crippen molar-refractivity contribution in [3.05, 3.63) is 66.5 Å². The lowest BCUT2D eigenvalue weighted by atomic mass is 10.1. The summed E-state index contributed by atoms with van der Waals surface area (Å²) in [5.74, 6) is -0.185. The van der Waals surface area contributed by atoms with Crippen molar-refractivity contribution in [2.24, 2.45) is 0 Å². The van der Waals surface area contributed by atoms with Crippen LogP contribution in [0.3, 0.4) is 0 Å². The normalized spacial score (nSPS) is 10.9. The Morgan fingerprint density at radius 2 is 2.08 bits per heavy atom. The van der Waals surface area contributed by atoms with E-state index in [9.17, 15) is 4.79 Å². The van der Waals surface area contributed by atoms with Crippen LogP contribution in [0, 0.1) is 6.92 Å². The summed E-state index contributed by atoms with van der Waals surface area (Å²) in [6, 6.07) is 11.5. The number of H-pyrrole nitrogens is 1. The topological polar surface area (TPSA) is 88.0 Å². The highest BCUT2D eigenvalue weighted by molar-refractivity contribution is 6.03. The maximum atomic E-state index is 12.2. The predicted octanol–water partition coefficient (Wildman–Crippen LogP) is 2.68. The Balaban J connectivity index is 1.75. The first kappa shape index (κ1) is 14.1. The SMILES string of the molecule is Cc1cccn2cc(-c3ccccc3NC(=O)c3ncn[nH]3)nc12. The van der Waals surface area contributed by atoms with E-state index in [0.717, 1.165) is 22.5 Å². The first-order chi connectivity index (χ1) is 11.7. The number of nitrogens with zero attached hydrogens (tertiary/aromatic N) is 4. The molecule has 0 saturated carbocycles. The van der Waals surface area contributed by atoms with E-state index in [0.29, 0.717) is 5.69 Å². The monoisotopic (exact) mass is 318 g/mol. The third kappa shape index (κ3) is 2.41. The van der Waals surface area contributed by atoms with Gasteiger partial charge in [0.15, 0.2) is 0 Å². The van der Waals surface area contributed by atoms with Crippen LogP contribution in [-0.2, 0) is 0 Å². The van der Waals surface area contributed by atoms with Gasteiger partial charge < -0.3 is 9.72 Å². The minimum atomic E-state index is -0.347. The minimum Gasteiger partial charge on any atom is -0.319 e. The van der Waals surface area contributed by atoms with E-state index in [1.165, 1.54) is 6.33 Å². The summed E-state index contributed by atoms with van der Waals surface area (Å²) in [6.45, 7) is 2.02. The van der Waals surface area contributed by atoms with Crippen molar-refractivity contribution < 1.29 is 4.79 Å². The quantitative estimate of drug-likeness (QED) is 0.608. The molecule has 7 nitrogen and oxygen atoms in total. The molecule has 0 aliphatic rings. The van der Waals surface area contributed by atoms with Gasteiger partial charge in [0.1, 0.15) is 12.0 Å². The number of carbonyl (C=O) groups is 1. The second kappa shape index (κ2) is 5.62. The number of aromatic amines is 1. The van der Waals surface area contributed by atoms with Gasteiger partial charge in [0, 0.05) is 18.0 Å². The number of rotatable bonds is 3. The maximum absolute atomic E-state index is 12.2. The third-order valence-corrected chi connectivity index (χ3v) is 3.76. The zero-order chi connectivity index (χ0) is 16.5. The number of nitrogens with one attached hydrogen (secondary N) is 2. The van der Waals surface area contributed by atoms with Crippen molar-refractivity contribution in [1.29, 1.82) is 0 Å². The number of fused-ring (bicyclic) bond motifs is 1. The van der Waals surface area contributed by atoms with Gasteiger partial charge in [-0.2, -0.15) is 5.10 Å². The lowest BCUT2D eigenvalue weighted by Gasteiger charge is -2.07. The molecule has 0 aliphatic heterocycles. The van der Waals surface area contributed by atoms with Crippen molar-refractivity contribution in [2.45, 2.75) is 6.92 Å². The van der Waals surface area contributed by atoms with Crippen molar-refractivity contribution in [3.8, 4) is 11.3 Å². The molecule has 1 amide bonds. The Hall–Kier alpha value is -3.48. The fraction of sp³-hybridized carbons (Fsp3) is 0.0588. The van der Waals surface area contributed by atoms with E-state index in [4.69, 9.17) is 0 Å². The van der Waals surface area contributed by atoms with Crippen LogP contribution < -0.4 is 5.32 Å². The molecule has 4 rings (SSSR count). The van der Waals surface area contributed by atoms with Gasteiger partial charge in [0.2, 0.25) is 5.82 Å². The number of anilines is 1. The standard InChI is InChI=1S/C17H14N6O/c1-11-5-4-8-23-9-14(20-16(11)23)12-6-2-3-7-13(12)21-17(24)15-18-10-19-22-15/h2-10H,1H3,(H,21,24)(H,18,19,22). The van der Waals surface area contributed by atoms with Gasteiger partial charge in [0.25, 0.3) is 5.91 Å². The molecule has 7 heteroatoms. The molecule has 4 aromatic rings. The summed E-state index contributed by atoms with van der Waals surface area (Å²) in [7, 11) is 0. The molecule has 24 heavy (non-hydrogen) atoms. The smallest absolute Gasteiger partial charge is 0.292 e. The molecule has 2 N–H and O–H groups in total. The van der Waals surface area contributed by atoms with Gasteiger partial charge in [-0.25, -0.2) is 9.97 Å². The highest BCUT2D eigenvalue weighted by atomic mass is 16.2. The van der Waals surface area contributed by atoms with E-state index in [2.05, 4.69) is 25.5 Å². The van der Waals surface area contributed by atoms with E-state index in [1.54, 1.807) is 0 Å². The Labute approximate surface area is 137 Å². The number of hydrogen-bond acceptors (Lipinski definition) is 4. The third-order valence-electron chi connectivity index (χ3n) is 3.76. The van der Waals surface area contributed by atoms with E-state index >= 15 is 0 Å². The molecule has 0 spiro atoms. The Bertz CT molecular complexity index is 1020. The van der Waals surface area contributed by atoms with Crippen molar-refractivity contribution >= 4 is 17.2 Å². The zero-order valence-corrected chi connectivity index (χ0v) is 12.9. The molecule has 118 valence electrons. The molecular weight excluding hydrogens is 304 g/mol. The molecule has 0 atom stereocenters. The lowest BCUT2D eigenvalue weighted by molar-refractivity contribution is 0.101. The average Bonchev–Trinajstić information content (AvgIpc) is 3.26. The Morgan fingerprint density at radius 3 is 2.88 bits per heavy atom. The molecule has 3 aromatic heterocycles. The number of para-hydroxylation sites is 1. The van der Waals surface area contributed by atoms with Gasteiger partial charge in [-0.15, -0.1) is 0 Å². The fourth-order valence-electron chi connectivity index (χ4n) is 2.60. The van der Waals surface area contributed by atoms with Gasteiger partial charge in [-0.3, -0.25) is 9.89 Å². The molecule has 0 fully saturated rings. The number of amides is 1. The van der Waals surface area contributed by atoms with Crippen molar-refractivity contribution in [3.63, 3.8) is 0 Å². The number of aromatic nitrogens is 5. The number of pyridine rings is 1. The number of carbonyl (C=O) groups excluding carboxylic acids is 1. The number of hydrogen-bond donors (Lipinski definition) is 2. The summed E-state index contributed by atoms with van der Waals surface area (Å²) in [5.41, 5.74) is 4.28. The Morgan fingerprint density at radius 1 is 1.21 bits per heavy atom. The second-order valence-corrected chi connectivity index (χ2v) is 5.38. The zero-order valence-electron chi connectivity index (χ0n) is 12.9. The number of benzene rings is 1. The first-order valence-electron chi connectivity index (χ1n) is 7.43. The Kier molecular flexibility index (Phi) is 3.31. The summed E-state index contributed by atoms with van der Waals surface area (Å²) in [6.07, 6.45) is 5.20. The van der Waals surface area contributed by atoms with Gasteiger partial charge in [-0.1, -0.05) is 24.3 Å². The lowest BCUT2D eigenvalue weighted by Crippen LogP contribution is -2.14. The van der Waals surface area contributed by atoms with E-state index in [1.807, 2.05) is 60.1 Å². The summed E-state index contributed by atoms with van der Waals surface area (Å²) >= 11 is 0. The highest BCUT2D eigenvalue weighted by Crippen LogP contribution is 2.28. The van der Waals surface area contributed by atoms with Crippen LogP contribution in [0.2, 0.25) is 0 Å². The van der Waals surface area contributed by atoms with E-state index in [-0.39, 0.29) is 11.7 Å². The van der Waals surface area contributed by atoms with E-state index < -0.39 is 0 Å². The van der Waals surface area contributed by atoms with Crippen LogP contribution in [0.1, 0.15) is 16.2 Å². The van der Waals surface area contributed by atoms with Gasteiger partial charge >= 0.3 is 0 Å². The summed E-state index contributed by atoms with van der Waals surface area (Å²) in [5, 5.41) is 9.09. The average molecular weight is 318 g/mol. The second-order valence-electron chi connectivity index (χ2n) is 5.38. The fourth-order valence-corrected chi connectivity index (χ4v) is 2.60. The van der Waals surface area contributed by atoms with Gasteiger partial charge in [0.05, 0.1) is 11.4 Å². The van der Waals surface area contributed by atoms with Gasteiger partial charge in [-0.05, 0) is 24.6 Å². The molecule has 1 aromatic carbocycles. The van der Waals surface area contributed by atoms with Crippen molar-refractivity contribution in [2.75, 3.05) is 5.32 Å². The molecule has 0 radical (unpaired) electrons. The van der Waals surface area contributed by atoms with Crippen LogP contribution in [0.25, 0.3) is 16.9 Å². The molecule has 3 heterocycles. The number of aryl methyl sites for hydroxylation is 1. The predicted molar refractivity (Wildman–Crippen MR) is 89.7 cm³/mol. The van der Waals surface area contributed by atoms with Crippen LogP contribution >= 0.6 is 0 Å². The molecule has 0 bridgehead atoms. The highest BCUT2D eigenvalue weighted by Gasteiger charge is 2.14. The minimum absolute atomic E-state index is 0.163. The van der Waals surface area contributed by atoms with Crippen LogP contribution in [0.15, 0.2) is 55.1 Å². The molecule has 0 aliphatic carbocycles. The summed E-state index contributed by atoms with van der Waals surface area (Å²) < 4.78 is 1.97. The first-order valence-corrected chi connectivity index (χ1v) is 7.43.